The zero-order chi connectivity index (χ0) is 6.41. The Morgan fingerprint density at radius 3 is 2.88 bits per heavy atom. The second kappa shape index (κ2) is 4.18. The number of ether oxygens (including phenoxy) is 1. The van der Waals surface area contributed by atoms with Crippen LogP contribution in [0.1, 0.15) is 6.92 Å². The van der Waals surface area contributed by atoms with Crippen LogP contribution >= 0.6 is 0 Å². The van der Waals surface area contributed by atoms with Gasteiger partial charge in [-0.15, -0.1) is 0 Å². The van der Waals surface area contributed by atoms with E-state index in [1.807, 2.05) is 0 Å². The second-order valence-corrected chi connectivity index (χ2v) is 1.08. The Morgan fingerprint density at radius 2 is 2.50 bits per heavy atom. The van der Waals surface area contributed by atoms with Crippen LogP contribution in [0, 0.1) is 0 Å². The van der Waals surface area contributed by atoms with Gasteiger partial charge >= 0.3 is 0 Å². The zero-order valence-corrected chi connectivity index (χ0v) is 4.59. The lowest BCUT2D eigenvalue weighted by molar-refractivity contribution is -0.297. The lowest BCUT2D eigenvalue weighted by atomic mass is 10.6. The third-order valence-corrected chi connectivity index (χ3v) is 0.467. The van der Waals surface area contributed by atoms with E-state index in [1.165, 1.54) is 0 Å². The van der Waals surface area contributed by atoms with Gasteiger partial charge in [0.05, 0.1) is 18.8 Å². The van der Waals surface area contributed by atoms with Crippen molar-refractivity contribution in [3.05, 3.63) is 12.3 Å². The molecule has 0 heterocycles. The summed E-state index contributed by atoms with van der Waals surface area (Å²) in [6, 6.07) is 0. The Labute approximate surface area is 47.6 Å². The summed E-state index contributed by atoms with van der Waals surface area (Å²) in [5.74, 6) is -1.24. The van der Waals surface area contributed by atoms with E-state index in [9.17, 15) is 9.90 Å². The molecule has 0 saturated carbocycles. The number of carbonyl (C=O) groups is 1. The van der Waals surface area contributed by atoms with Crippen LogP contribution in [0.5, 0.6) is 0 Å². The number of rotatable bonds is 3. The average molecular weight is 115 g/mol. The van der Waals surface area contributed by atoms with Crippen LogP contribution in [0.25, 0.3) is 0 Å². The van der Waals surface area contributed by atoms with Crippen LogP contribution in [0.4, 0.5) is 0 Å². The van der Waals surface area contributed by atoms with Gasteiger partial charge in [0.15, 0.2) is 0 Å². The van der Waals surface area contributed by atoms with Gasteiger partial charge in [-0.05, 0) is 13.0 Å². The van der Waals surface area contributed by atoms with Crippen LogP contribution in [0.2, 0.25) is 0 Å². The lowest BCUT2D eigenvalue weighted by Gasteiger charge is -1.91. The molecule has 0 aromatic carbocycles. The number of aliphatic carboxylic acids is 1. The molecule has 0 fully saturated rings. The quantitative estimate of drug-likeness (QED) is 0.360. The SMILES string of the molecule is CCO/C=C/C(=O)[O-]. The van der Waals surface area contributed by atoms with Crippen molar-refractivity contribution >= 4 is 5.97 Å². The number of carboxylic acid groups (broad SMARTS) is 1. The highest BCUT2D eigenvalue weighted by atomic mass is 16.5. The molecule has 0 amide bonds. The van der Waals surface area contributed by atoms with Gasteiger partial charge in [-0.25, -0.2) is 0 Å². The molecule has 0 unspecified atom stereocenters. The second-order valence-electron chi connectivity index (χ2n) is 1.08. The van der Waals surface area contributed by atoms with E-state index in [-0.39, 0.29) is 0 Å². The standard InChI is InChI=1S/C5H8O3/c1-2-8-4-3-5(6)7/h3-4H,2H2,1H3,(H,6,7)/p-1/b4-3+. The van der Waals surface area contributed by atoms with E-state index in [0.717, 1.165) is 12.3 Å². The van der Waals surface area contributed by atoms with E-state index in [0.29, 0.717) is 6.61 Å². The molecule has 0 N–H and O–H groups in total. The van der Waals surface area contributed by atoms with Crippen molar-refractivity contribution in [1.82, 2.24) is 0 Å². The first-order valence-electron chi connectivity index (χ1n) is 2.26. The van der Waals surface area contributed by atoms with Crippen molar-refractivity contribution in [2.75, 3.05) is 6.61 Å². The van der Waals surface area contributed by atoms with Crippen LogP contribution in [-0.2, 0) is 9.53 Å². The number of hydrogen-bond donors (Lipinski definition) is 0. The predicted octanol–water partition coefficient (Wildman–Crippen LogP) is -0.714. The summed E-state index contributed by atoms with van der Waals surface area (Å²) in [6.45, 7) is 2.24. The molecule has 8 heavy (non-hydrogen) atoms. The van der Waals surface area contributed by atoms with Crippen molar-refractivity contribution in [3.63, 3.8) is 0 Å². The van der Waals surface area contributed by atoms with Crippen molar-refractivity contribution in [2.24, 2.45) is 0 Å². The fraction of sp³-hybridized carbons (Fsp3) is 0.400. The molecular formula is C5H7O3-. The molecule has 0 aliphatic rings. The minimum atomic E-state index is -1.24. The number of carboxylic acids is 1. The van der Waals surface area contributed by atoms with Gasteiger partial charge in [0.1, 0.15) is 0 Å². The maximum absolute atomic E-state index is 9.60. The van der Waals surface area contributed by atoms with Crippen molar-refractivity contribution < 1.29 is 14.6 Å². The van der Waals surface area contributed by atoms with Crippen LogP contribution in [-0.4, -0.2) is 12.6 Å². The summed E-state index contributed by atoms with van der Waals surface area (Å²) < 4.78 is 4.54. The molecule has 0 aromatic heterocycles. The molecule has 3 heteroatoms. The minimum absolute atomic E-state index is 0.476. The molecule has 0 rings (SSSR count). The van der Waals surface area contributed by atoms with Crippen LogP contribution < -0.4 is 5.11 Å². The van der Waals surface area contributed by atoms with Gasteiger partial charge in [-0.1, -0.05) is 0 Å². The van der Waals surface area contributed by atoms with E-state index in [1.54, 1.807) is 6.92 Å². The topological polar surface area (TPSA) is 49.4 Å². The fourth-order valence-corrected chi connectivity index (χ4v) is 0.200. The first kappa shape index (κ1) is 7.01. The highest BCUT2D eigenvalue weighted by Gasteiger charge is 1.69. The summed E-state index contributed by atoms with van der Waals surface area (Å²) in [5.41, 5.74) is 0. The number of carbonyl (C=O) groups excluding carboxylic acids is 1. The van der Waals surface area contributed by atoms with E-state index in [4.69, 9.17) is 0 Å². The summed E-state index contributed by atoms with van der Waals surface area (Å²) >= 11 is 0. The fourth-order valence-electron chi connectivity index (χ4n) is 0.200. The Bertz CT molecular complexity index is 95.8. The zero-order valence-electron chi connectivity index (χ0n) is 4.59. The third kappa shape index (κ3) is 5.01. The molecule has 0 saturated heterocycles. The molecular weight excluding hydrogens is 108 g/mol. The van der Waals surface area contributed by atoms with Crippen LogP contribution in [0.15, 0.2) is 12.3 Å². The number of hydrogen-bond acceptors (Lipinski definition) is 3. The molecule has 0 aromatic rings. The van der Waals surface area contributed by atoms with E-state index >= 15 is 0 Å². The molecule has 0 aliphatic carbocycles. The van der Waals surface area contributed by atoms with Gasteiger partial charge in [0.25, 0.3) is 0 Å². The van der Waals surface area contributed by atoms with Gasteiger partial charge in [0, 0.05) is 0 Å². The molecule has 3 nitrogen and oxygen atoms in total. The Morgan fingerprint density at radius 1 is 1.88 bits per heavy atom. The average Bonchev–Trinajstić information content (AvgIpc) is 1.66. The van der Waals surface area contributed by atoms with Crippen LogP contribution in [0.3, 0.4) is 0 Å². The van der Waals surface area contributed by atoms with E-state index < -0.39 is 5.97 Å². The first-order valence-corrected chi connectivity index (χ1v) is 2.26. The van der Waals surface area contributed by atoms with Crippen molar-refractivity contribution in [3.8, 4) is 0 Å². The lowest BCUT2D eigenvalue weighted by Crippen LogP contribution is -2.18. The highest BCUT2D eigenvalue weighted by molar-refractivity contribution is 5.77. The highest BCUT2D eigenvalue weighted by Crippen LogP contribution is 1.73. The first-order chi connectivity index (χ1) is 3.77. The van der Waals surface area contributed by atoms with E-state index in [2.05, 4.69) is 4.74 Å². The Balaban J connectivity index is 3.20. The van der Waals surface area contributed by atoms with Crippen molar-refractivity contribution in [1.29, 1.82) is 0 Å². The van der Waals surface area contributed by atoms with Gasteiger partial charge < -0.3 is 14.6 Å². The predicted molar refractivity (Wildman–Crippen MR) is 25.8 cm³/mol. The summed E-state index contributed by atoms with van der Waals surface area (Å²) in [7, 11) is 0. The largest absolute Gasteiger partial charge is 0.545 e. The summed E-state index contributed by atoms with van der Waals surface area (Å²) in [6.07, 6.45) is 1.93. The minimum Gasteiger partial charge on any atom is -0.545 e. The molecule has 0 radical (unpaired) electrons. The smallest absolute Gasteiger partial charge is 0.0846 e. The van der Waals surface area contributed by atoms with Gasteiger partial charge in [-0.3, -0.25) is 0 Å². The molecule has 0 bridgehead atoms. The van der Waals surface area contributed by atoms with Gasteiger partial charge in [0.2, 0.25) is 0 Å². The summed E-state index contributed by atoms with van der Waals surface area (Å²) in [5, 5.41) is 9.60. The Kier molecular flexibility index (Phi) is 3.66. The van der Waals surface area contributed by atoms with Crippen molar-refractivity contribution in [2.45, 2.75) is 6.92 Å². The normalized spacial score (nSPS) is 9.62. The molecule has 0 spiro atoms. The Hall–Kier alpha value is -0.990. The maximum atomic E-state index is 9.60. The molecule has 46 valence electrons. The summed E-state index contributed by atoms with van der Waals surface area (Å²) in [4.78, 5) is 9.60. The third-order valence-electron chi connectivity index (χ3n) is 0.467. The molecule has 0 atom stereocenters. The van der Waals surface area contributed by atoms with Gasteiger partial charge in [-0.2, -0.15) is 0 Å². The molecule has 0 aliphatic heterocycles. The monoisotopic (exact) mass is 115 g/mol. The maximum Gasteiger partial charge on any atom is 0.0846 e.